The van der Waals surface area contributed by atoms with Gasteiger partial charge in [0.05, 0.1) is 0 Å². The Morgan fingerprint density at radius 2 is 2.17 bits per heavy atom. The molecule has 0 aliphatic rings. The predicted octanol–water partition coefficient (Wildman–Crippen LogP) is 3.91. The van der Waals surface area contributed by atoms with Gasteiger partial charge in [-0.1, -0.05) is 22.0 Å². The van der Waals surface area contributed by atoms with Crippen molar-refractivity contribution in [1.29, 1.82) is 0 Å². The Morgan fingerprint density at radius 1 is 1.42 bits per heavy atom. The first-order valence-corrected chi connectivity index (χ1v) is 5.55. The minimum Gasteiger partial charge on any atom is -0.143 e. The van der Waals surface area contributed by atoms with Crippen molar-refractivity contribution in [3.63, 3.8) is 0 Å². The molecule has 12 heavy (non-hydrogen) atoms. The van der Waals surface area contributed by atoms with Crippen molar-refractivity contribution in [1.82, 2.24) is 0 Å². The molecule has 0 radical (unpaired) electrons. The second-order valence-corrected chi connectivity index (χ2v) is 4.24. The third kappa shape index (κ3) is 2.68. The largest absolute Gasteiger partial charge is 0.143 e. The van der Waals surface area contributed by atoms with Crippen LogP contribution in [-0.2, 0) is 6.42 Å². The molecule has 0 N–H and O–H groups in total. The number of benzene rings is 1. The first-order valence-electron chi connectivity index (χ1n) is 3.78. The maximum absolute atomic E-state index is 5.62. The molecule has 0 saturated heterocycles. The lowest BCUT2D eigenvalue weighted by Gasteiger charge is -2.05. The van der Waals surface area contributed by atoms with Gasteiger partial charge in [-0.3, -0.25) is 0 Å². The molecule has 0 saturated carbocycles. The van der Waals surface area contributed by atoms with Crippen LogP contribution in [0.1, 0.15) is 12.0 Å². The molecule has 0 heterocycles. The number of hydrogen-bond donors (Lipinski definition) is 1. The van der Waals surface area contributed by atoms with Crippen molar-refractivity contribution in [2.24, 2.45) is 0 Å². The molecule has 0 aliphatic heterocycles. The first kappa shape index (κ1) is 10.4. The highest BCUT2D eigenvalue weighted by atomic mass is 79.9. The van der Waals surface area contributed by atoms with Crippen LogP contribution in [0.15, 0.2) is 27.6 Å². The molecular weight excluding hydrogens is 256 g/mol. The zero-order valence-corrected chi connectivity index (χ0v) is 9.79. The maximum Gasteiger partial charge on any atom is 0.0226 e. The molecule has 1 rings (SSSR count). The van der Waals surface area contributed by atoms with Crippen LogP contribution in [0.3, 0.4) is 0 Å². The number of halogens is 2. The van der Waals surface area contributed by atoms with E-state index < -0.39 is 0 Å². The molecule has 0 aliphatic carbocycles. The van der Waals surface area contributed by atoms with E-state index in [0.29, 0.717) is 5.88 Å². The highest BCUT2D eigenvalue weighted by Gasteiger charge is 2.02. The molecule has 3 heteroatoms. The minimum atomic E-state index is 0.703. The quantitative estimate of drug-likeness (QED) is 0.622. The second-order valence-electron chi connectivity index (χ2n) is 2.53. The van der Waals surface area contributed by atoms with Gasteiger partial charge in [0.2, 0.25) is 0 Å². The Labute approximate surface area is 91.9 Å². The Hall–Kier alpha value is 0.340. The summed E-state index contributed by atoms with van der Waals surface area (Å²) in [5.41, 5.74) is 1.25. The van der Waals surface area contributed by atoms with Crippen molar-refractivity contribution in [3.8, 4) is 0 Å². The van der Waals surface area contributed by atoms with E-state index in [4.69, 9.17) is 11.6 Å². The molecule has 0 spiro atoms. The molecule has 1 aromatic carbocycles. The van der Waals surface area contributed by atoms with Crippen LogP contribution in [-0.4, -0.2) is 5.88 Å². The molecule has 0 aromatic heterocycles. The Kier molecular flexibility index (Phi) is 4.47. The summed E-state index contributed by atoms with van der Waals surface area (Å²) in [6.45, 7) is 0. The molecule has 1 aromatic rings. The van der Waals surface area contributed by atoms with E-state index in [-0.39, 0.29) is 0 Å². The standard InChI is InChI=1S/C9H10BrClS/c10-8-4-1-5-9(12)7(8)3-2-6-11/h1,4-5,12H,2-3,6H2. The van der Waals surface area contributed by atoms with Gasteiger partial charge >= 0.3 is 0 Å². The summed E-state index contributed by atoms with van der Waals surface area (Å²) in [5, 5.41) is 0. The zero-order chi connectivity index (χ0) is 8.97. The fourth-order valence-corrected chi connectivity index (χ4v) is 2.21. The van der Waals surface area contributed by atoms with E-state index in [0.717, 1.165) is 22.2 Å². The molecule has 0 unspecified atom stereocenters. The Balaban J connectivity index is 2.81. The van der Waals surface area contributed by atoms with Crippen molar-refractivity contribution >= 4 is 40.2 Å². The summed E-state index contributed by atoms with van der Waals surface area (Å²) < 4.78 is 1.13. The summed E-state index contributed by atoms with van der Waals surface area (Å²) in [7, 11) is 0. The van der Waals surface area contributed by atoms with Gasteiger partial charge in [-0.15, -0.1) is 24.2 Å². The second kappa shape index (κ2) is 5.15. The molecule has 0 amide bonds. The van der Waals surface area contributed by atoms with Crippen LogP contribution >= 0.6 is 40.2 Å². The van der Waals surface area contributed by atoms with Gasteiger partial charge in [0.1, 0.15) is 0 Å². The number of hydrogen-bond acceptors (Lipinski definition) is 1. The maximum atomic E-state index is 5.62. The summed E-state index contributed by atoms with van der Waals surface area (Å²) >= 11 is 13.5. The summed E-state index contributed by atoms with van der Waals surface area (Å²) in [6.07, 6.45) is 1.99. The molecule has 0 bridgehead atoms. The lowest BCUT2D eigenvalue weighted by atomic mass is 10.1. The molecule has 0 atom stereocenters. The Bertz CT molecular complexity index is 242. The molecule has 66 valence electrons. The highest BCUT2D eigenvalue weighted by Crippen LogP contribution is 2.24. The molecule has 0 fully saturated rings. The van der Waals surface area contributed by atoms with Gasteiger partial charge in [-0.25, -0.2) is 0 Å². The lowest BCUT2D eigenvalue weighted by Crippen LogP contribution is -1.89. The number of alkyl halides is 1. The van der Waals surface area contributed by atoms with Gasteiger partial charge < -0.3 is 0 Å². The highest BCUT2D eigenvalue weighted by molar-refractivity contribution is 9.10. The van der Waals surface area contributed by atoms with Gasteiger partial charge in [0.25, 0.3) is 0 Å². The van der Waals surface area contributed by atoms with Crippen LogP contribution < -0.4 is 0 Å². The summed E-state index contributed by atoms with van der Waals surface area (Å²) in [6, 6.07) is 6.01. The van der Waals surface area contributed by atoms with Gasteiger partial charge in [0, 0.05) is 15.2 Å². The normalized spacial score (nSPS) is 10.2. The number of thiol groups is 1. The van der Waals surface area contributed by atoms with Crippen LogP contribution in [0, 0.1) is 0 Å². The van der Waals surface area contributed by atoms with Crippen LogP contribution in [0.2, 0.25) is 0 Å². The fraction of sp³-hybridized carbons (Fsp3) is 0.333. The van der Waals surface area contributed by atoms with E-state index in [9.17, 15) is 0 Å². The topological polar surface area (TPSA) is 0 Å². The van der Waals surface area contributed by atoms with E-state index in [1.807, 2.05) is 18.2 Å². The van der Waals surface area contributed by atoms with Gasteiger partial charge in [-0.2, -0.15) is 0 Å². The van der Waals surface area contributed by atoms with Crippen molar-refractivity contribution in [3.05, 3.63) is 28.2 Å². The van der Waals surface area contributed by atoms with Gasteiger partial charge in [0.15, 0.2) is 0 Å². The van der Waals surface area contributed by atoms with Gasteiger partial charge in [-0.05, 0) is 30.5 Å². The fourth-order valence-electron chi connectivity index (χ4n) is 1.04. The third-order valence-corrected chi connectivity index (χ3v) is 3.08. The third-order valence-electron chi connectivity index (χ3n) is 1.65. The lowest BCUT2D eigenvalue weighted by molar-refractivity contribution is 0.902. The molecular formula is C9H10BrClS. The van der Waals surface area contributed by atoms with Crippen LogP contribution in [0.25, 0.3) is 0 Å². The van der Waals surface area contributed by atoms with E-state index in [1.165, 1.54) is 5.56 Å². The van der Waals surface area contributed by atoms with Crippen molar-refractivity contribution < 1.29 is 0 Å². The monoisotopic (exact) mass is 264 g/mol. The summed E-state index contributed by atoms with van der Waals surface area (Å²) in [5.74, 6) is 0.703. The average Bonchev–Trinajstić information content (AvgIpc) is 2.04. The van der Waals surface area contributed by atoms with E-state index in [1.54, 1.807) is 0 Å². The smallest absolute Gasteiger partial charge is 0.0226 e. The van der Waals surface area contributed by atoms with Crippen molar-refractivity contribution in [2.75, 3.05) is 5.88 Å². The first-order chi connectivity index (χ1) is 5.75. The van der Waals surface area contributed by atoms with E-state index >= 15 is 0 Å². The SMILES string of the molecule is Sc1cccc(Br)c1CCCCl. The average molecular weight is 266 g/mol. The van der Waals surface area contributed by atoms with Crippen molar-refractivity contribution in [2.45, 2.75) is 17.7 Å². The number of rotatable bonds is 3. The predicted molar refractivity (Wildman–Crippen MR) is 60.4 cm³/mol. The Morgan fingerprint density at radius 3 is 2.75 bits per heavy atom. The van der Waals surface area contributed by atoms with E-state index in [2.05, 4.69) is 28.6 Å². The molecule has 0 nitrogen and oxygen atoms in total. The zero-order valence-electron chi connectivity index (χ0n) is 6.56. The minimum absolute atomic E-state index is 0.703. The van der Waals surface area contributed by atoms with Crippen LogP contribution in [0.4, 0.5) is 0 Å². The van der Waals surface area contributed by atoms with Crippen LogP contribution in [0.5, 0.6) is 0 Å². The summed E-state index contributed by atoms with van der Waals surface area (Å²) in [4.78, 5) is 1.04.